The molecule has 1 aliphatic carbocycles. The molecule has 2 rings (SSSR count). The SMILES string of the molecule is CC(C)(C)OC(=O)NC1CCCC(NC2CCCSC2)C1. The van der Waals surface area contributed by atoms with Crippen molar-refractivity contribution in [3.8, 4) is 0 Å². The Hall–Kier alpha value is -0.420. The van der Waals surface area contributed by atoms with Crippen LogP contribution in [0.4, 0.5) is 4.79 Å². The third-order valence-electron chi connectivity index (χ3n) is 4.03. The van der Waals surface area contributed by atoms with Crippen LogP contribution in [0.5, 0.6) is 0 Å². The lowest BCUT2D eigenvalue weighted by molar-refractivity contribution is 0.0488. The molecule has 0 aromatic carbocycles. The van der Waals surface area contributed by atoms with Crippen molar-refractivity contribution in [3.05, 3.63) is 0 Å². The molecule has 3 unspecified atom stereocenters. The molecule has 1 saturated heterocycles. The highest BCUT2D eigenvalue weighted by Gasteiger charge is 2.27. The first kappa shape index (κ1) is 16.9. The summed E-state index contributed by atoms with van der Waals surface area (Å²) in [5.74, 6) is 2.55. The van der Waals surface area contributed by atoms with Crippen molar-refractivity contribution in [3.63, 3.8) is 0 Å². The molecule has 4 nitrogen and oxygen atoms in total. The van der Waals surface area contributed by atoms with Crippen molar-refractivity contribution in [2.75, 3.05) is 11.5 Å². The highest BCUT2D eigenvalue weighted by molar-refractivity contribution is 7.99. The Morgan fingerprint density at radius 3 is 2.48 bits per heavy atom. The maximum absolute atomic E-state index is 11.9. The summed E-state index contributed by atoms with van der Waals surface area (Å²) < 4.78 is 5.35. The second-order valence-corrected chi connectivity index (χ2v) is 8.44. The van der Waals surface area contributed by atoms with Crippen LogP contribution in [0.3, 0.4) is 0 Å². The Labute approximate surface area is 133 Å². The topological polar surface area (TPSA) is 50.4 Å². The van der Waals surface area contributed by atoms with Crippen LogP contribution in [0.1, 0.15) is 59.3 Å². The number of ether oxygens (including phenoxy) is 1. The monoisotopic (exact) mass is 314 g/mol. The van der Waals surface area contributed by atoms with E-state index in [2.05, 4.69) is 22.4 Å². The predicted molar refractivity (Wildman–Crippen MR) is 88.9 cm³/mol. The van der Waals surface area contributed by atoms with Gasteiger partial charge in [0.2, 0.25) is 0 Å². The number of amides is 1. The molecule has 0 aromatic heterocycles. The van der Waals surface area contributed by atoms with Crippen molar-refractivity contribution in [2.45, 2.75) is 83.0 Å². The number of rotatable bonds is 3. The number of thioether (sulfide) groups is 1. The van der Waals surface area contributed by atoms with Gasteiger partial charge in [-0.25, -0.2) is 4.79 Å². The highest BCUT2D eigenvalue weighted by Crippen LogP contribution is 2.23. The van der Waals surface area contributed by atoms with Crippen molar-refractivity contribution >= 4 is 17.9 Å². The first-order valence-electron chi connectivity index (χ1n) is 8.26. The average Bonchev–Trinajstić information content (AvgIpc) is 2.38. The summed E-state index contributed by atoms with van der Waals surface area (Å²) >= 11 is 2.06. The second-order valence-electron chi connectivity index (χ2n) is 7.29. The van der Waals surface area contributed by atoms with E-state index in [1.165, 1.54) is 37.2 Å². The third-order valence-corrected chi connectivity index (χ3v) is 5.24. The summed E-state index contributed by atoms with van der Waals surface area (Å²) in [5.41, 5.74) is -0.421. The van der Waals surface area contributed by atoms with Crippen LogP contribution >= 0.6 is 11.8 Å². The van der Waals surface area contributed by atoms with E-state index in [0.717, 1.165) is 12.8 Å². The predicted octanol–water partition coefficient (Wildman–Crippen LogP) is 3.31. The van der Waals surface area contributed by atoms with Gasteiger partial charge >= 0.3 is 6.09 Å². The van der Waals surface area contributed by atoms with Crippen LogP contribution in [-0.4, -0.2) is 41.3 Å². The number of alkyl carbamates (subject to hydrolysis) is 1. The fraction of sp³-hybridized carbons (Fsp3) is 0.938. The first-order valence-corrected chi connectivity index (χ1v) is 9.41. The number of carbonyl (C=O) groups excluding carboxylic acids is 1. The smallest absolute Gasteiger partial charge is 0.407 e. The summed E-state index contributed by atoms with van der Waals surface area (Å²) in [5, 5.41) is 6.83. The molecule has 1 aliphatic heterocycles. The van der Waals surface area contributed by atoms with Gasteiger partial charge in [0.15, 0.2) is 0 Å². The van der Waals surface area contributed by atoms with Crippen LogP contribution in [0.15, 0.2) is 0 Å². The van der Waals surface area contributed by atoms with Crippen molar-refractivity contribution in [1.82, 2.24) is 10.6 Å². The summed E-state index contributed by atoms with van der Waals surface area (Å²) in [7, 11) is 0. The Balaban J connectivity index is 1.73. The fourth-order valence-electron chi connectivity index (χ4n) is 3.15. The summed E-state index contributed by atoms with van der Waals surface area (Å²) in [6.45, 7) is 5.70. The maximum atomic E-state index is 11.9. The van der Waals surface area contributed by atoms with Gasteiger partial charge < -0.3 is 15.4 Å². The Morgan fingerprint density at radius 1 is 1.10 bits per heavy atom. The standard InChI is InChI=1S/C16H30N2O2S/c1-16(2,3)20-15(19)18-13-7-4-6-12(10-13)17-14-8-5-9-21-11-14/h12-14,17H,4-11H2,1-3H3,(H,18,19). The molecule has 21 heavy (non-hydrogen) atoms. The average molecular weight is 314 g/mol. The minimum absolute atomic E-state index is 0.252. The molecule has 0 bridgehead atoms. The van der Waals surface area contributed by atoms with E-state index in [1.54, 1.807) is 0 Å². The van der Waals surface area contributed by atoms with Crippen LogP contribution in [0, 0.1) is 0 Å². The van der Waals surface area contributed by atoms with Gasteiger partial charge in [-0.1, -0.05) is 0 Å². The molecule has 0 radical (unpaired) electrons. The molecule has 0 spiro atoms. The normalized spacial score (nSPS) is 30.7. The van der Waals surface area contributed by atoms with Crippen LogP contribution < -0.4 is 10.6 Å². The van der Waals surface area contributed by atoms with Gasteiger partial charge in [0, 0.05) is 23.9 Å². The highest BCUT2D eigenvalue weighted by atomic mass is 32.2. The summed E-state index contributed by atoms with van der Waals surface area (Å²) in [4.78, 5) is 11.9. The molecule has 1 amide bonds. The zero-order valence-corrected chi connectivity index (χ0v) is 14.4. The number of hydrogen-bond acceptors (Lipinski definition) is 4. The van der Waals surface area contributed by atoms with E-state index < -0.39 is 5.60 Å². The minimum atomic E-state index is -0.421. The molecule has 122 valence electrons. The third kappa shape index (κ3) is 6.47. The van der Waals surface area contributed by atoms with Gasteiger partial charge in [-0.3, -0.25) is 0 Å². The molecule has 2 N–H and O–H groups in total. The Kier molecular flexibility index (Phi) is 6.23. The van der Waals surface area contributed by atoms with Gasteiger partial charge in [0.1, 0.15) is 5.60 Å². The maximum Gasteiger partial charge on any atom is 0.407 e. The van der Waals surface area contributed by atoms with Crippen molar-refractivity contribution < 1.29 is 9.53 Å². The van der Waals surface area contributed by atoms with E-state index in [1.807, 2.05) is 20.8 Å². The zero-order chi connectivity index (χ0) is 15.3. The van der Waals surface area contributed by atoms with Crippen LogP contribution in [0.25, 0.3) is 0 Å². The summed E-state index contributed by atoms with van der Waals surface area (Å²) in [6.07, 6.45) is 6.85. The molecule has 0 aromatic rings. The van der Waals surface area contributed by atoms with Gasteiger partial charge in [0.05, 0.1) is 0 Å². The van der Waals surface area contributed by atoms with Gasteiger partial charge in [-0.05, 0) is 65.0 Å². The molecule has 2 aliphatic rings. The number of hydrogen-bond donors (Lipinski definition) is 2. The molecule has 1 saturated carbocycles. The lowest BCUT2D eigenvalue weighted by Gasteiger charge is -2.34. The fourth-order valence-corrected chi connectivity index (χ4v) is 4.24. The minimum Gasteiger partial charge on any atom is -0.444 e. The molecule has 3 atom stereocenters. The lowest BCUT2D eigenvalue weighted by atomic mass is 9.90. The number of nitrogens with one attached hydrogen (secondary N) is 2. The molecular formula is C16H30N2O2S. The molecular weight excluding hydrogens is 284 g/mol. The molecule has 2 fully saturated rings. The molecule has 1 heterocycles. The Morgan fingerprint density at radius 2 is 1.81 bits per heavy atom. The first-order chi connectivity index (χ1) is 9.92. The lowest BCUT2D eigenvalue weighted by Crippen LogP contribution is -2.48. The Bertz CT molecular complexity index is 338. The quantitative estimate of drug-likeness (QED) is 0.839. The van der Waals surface area contributed by atoms with E-state index in [4.69, 9.17) is 4.74 Å². The van der Waals surface area contributed by atoms with Crippen molar-refractivity contribution in [2.24, 2.45) is 0 Å². The van der Waals surface area contributed by atoms with E-state index >= 15 is 0 Å². The van der Waals surface area contributed by atoms with E-state index in [-0.39, 0.29) is 12.1 Å². The molecule has 5 heteroatoms. The second kappa shape index (κ2) is 7.73. The number of carbonyl (C=O) groups is 1. The van der Waals surface area contributed by atoms with E-state index in [9.17, 15) is 4.79 Å². The van der Waals surface area contributed by atoms with Crippen LogP contribution in [0.2, 0.25) is 0 Å². The van der Waals surface area contributed by atoms with Gasteiger partial charge in [-0.15, -0.1) is 0 Å². The van der Waals surface area contributed by atoms with E-state index in [0.29, 0.717) is 12.1 Å². The van der Waals surface area contributed by atoms with Gasteiger partial charge in [0.25, 0.3) is 0 Å². The van der Waals surface area contributed by atoms with Crippen molar-refractivity contribution in [1.29, 1.82) is 0 Å². The largest absolute Gasteiger partial charge is 0.444 e. The summed E-state index contributed by atoms with van der Waals surface area (Å²) in [6, 6.07) is 1.46. The zero-order valence-electron chi connectivity index (χ0n) is 13.6. The van der Waals surface area contributed by atoms with Gasteiger partial charge in [-0.2, -0.15) is 11.8 Å². The van der Waals surface area contributed by atoms with Crippen LogP contribution in [-0.2, 0) is 4.74 Å².